The highest BCUT2D eigenvalue weighted by Crippen LogP contribution is 2.24. The van der Waals surface area contributed by atoms with E-state index in [9.17, 15) is 14.4 Å². The van der Waals surface area contributed by atoms with Crippen LogP contribution in [0.5, 0.6) is 0 Å². The van der Waals surface area contributed by atoms with Crippen LogP contribution >= 0.6 is 34.4 Å². The number of thiophene rings is 1. The fraction of sp³-hybridized carbons (Fsp3) is 0.444. The SMILES string of the molecule is CC(C)(C)NC(=O)C1CSCN1C(=O)Cc1csc(NC(=O)c2cccs2)n1. The zero-order chi connectivity index (χ0) is 20.3. The summed E-state index contributed by atoms with van der Waals surface area (Å²) in [6.07, 6.45) is 0.102. The van der Waals surface area contributed by atoms with E-state index in [2.05, 4.69) is 15.6 Å². The lowest BCUT2D eigenvalue weighted by atomic mass is 10.1. The van der Waals surface area contributed by atoms with Gasteiger partial charge in [0.15, 0.2) is 5.13 Å². The maximum atomic E-state index is 12.7. The van der Waals surface area contributed by atoms with Crippen molar-refractivity contribution in [3.05, 3.63) is 33.5 Å². The predicted octanol–water partition coefficient (Wildman–Crippen LogP) is 2.82. The minimum atomic E-state index is -0.464. The third-order valence-electron chi connectivity index (χ3n) is 3.85. The van der Waals surface area contributed by atoms with Crippen molar-refractivity contribution in [3.8, 4) is 0 Å². The molecule has 10 heteroatoms. The Hall–Kier alpha value is -1.91. The molecule has 3 rings (SSSR count). The van der Waals surface area contributed by atoms with Crippen LogP contribution in [0.1, 0.15) is 36.1 Å². The molecule has 1 atom stereocenters. The van der Waals surface area contributed by atoms with Crippen molar-refractivity contribution < 1.29 is 14.4 Å². The molecule has 1 fully saturated rings. The number of aromatic nitrogens is 1. The second-order valence-corrected chi connectivity index (χ2v) is 10.2. The molecule has 0 bridgehead atoms. The number of nitrogens with one attached hydrogen (secondary N) is 2. The summed E-state index contributed by atoms with van der Waals surface area (Å²) in [5.74, 6) is 0.602. The predicted molar refractivity (Wildman–Crippen MR) is 114 cm³/mol. The van der Waals surface area contributed by atoms with Crippen LogP contribution in [0.15, 0.2) is 22.9 Å². The molecule has 0 aromatic carbocycles. The third kappa shape index (κ3) is 5.33. The largest absolute Gasteiger partial charge is 0.350 e. The zero-order valence-electron chi connectivity index (χ0n) is 15.9. The number of hydrogen-bond acceptors (Lipinski definition) is 7. The molecule has 3 heterocycles. The number of nitrogens with zero attached hydrogens (tertiary/aromatic N) is 2. The molecule has 2 N–H and O–H groups in total. The van der Waals surface area contributed by atoms with Crippen molar-refractivity contribution in [2.45, 2.75) is 38.8 Å². The Balaban J connectivity index is 1.59. The first-order chi connectivity index (χ1) is 13.2. The van der Waals surface area contributed by atoms with Crippen LogP contribution in [0, 0.1) is 0 Å². The van der Waals surface area contributed by atoms with Crippen molar-refractivity contribution in [2.75, 3.05) is 16.9 Å². The molecule has 1 saturated heterocycles. The Kier molecular flexibility index (Phi) is 6.41. The first kappa shape index (κ1) is 20.8. The fourth-order valence-corrected chi connectivity index (χ4v) is 5.13. The molecular weight excluding hydrogens is 416 g/mol. The van der Waals surface area contributed by atoms with Crippen molar-refractivity contribution in [1.82, 2.24) is 15.2 Å². The van der Waals surface area contributed by atoms with Crippen molar-refractivity contribution in [3.63, 3.8) is 0 Å². The van der Waals surface area contributed by atoms with E-state index in [-0.39, 0.29) is 29.7 Å². The van der Waals surface area contributed by atoms with Gasteiger partial charge in [-0.2, -0.15) is 0 Å². The van der Waals surface area contributed by atoms with Gasteiger partial charge in [0.25, 0.3) is 5.91 Å². The van der Waals surface area contributed by atoms with Crippen molar-refractivity contribution in [2.24, 2.45) is 0 Å². The summed E-state index contributed by atoms with van der Waals surface area (Å²) in [4.78, 5) is 43.9. The smallest absolute Gasteiger partial charge is 0.267 e. The van der Waals surface area contributed by atoms with Crippen molar-refractivity contribution in [1.29, 1.82) is 0 Å². The van der Waals surface area contributed by atoms with Gasteiger partial charge in [0.1, 0.15) is 6.04 Å². The minimum absolute atomic E-state index is 0.102. The first-order valence-electron chi connectivity index (χ1n) is 8.71. The summed E-state index contributed by atoms with van der Waals surface area (Å²) in [6.45, 7) is 5.75. The Morgan fingerprint density at radius 1 is 1.29 bits per heavy atom. The van der Waals surface area contributed by atoms with Gasteiger partial charge in [-0.25, -0.2) is 4.98 Å². The lowest BCUT2D eigenvalue weighted by Crippen LogP contribution is -2.52. The molecule has 0 aliphatic carbocycles. The van der Waals surface area contributed by atoms with E-state index in [4.69, 9.17) is 0 Å². The number of rotatable bonds is 5. The Morgan fingerprint density at radius 3 is 2.75 bits per heavy atom. The summed E-state index contributed by atoms with van der Waals surface area (Å²) in [7, 11) is 0. The van der Waals surface area contributed by atoms with Gasteiger partial charge in [-0.1, -0.05) is 6.07 Å². The number of hydrogen-bond donors (Lipinski definition) is 2. The van der Waals surface area contributed by atoms with Gasteiger partial charge >= 0.3 is 0 Å². The number of carbonyl (C=O) groups is 3. The van der Waals surface area contributed by atoms with Crippen LogP contribution in [0.4, 0.5) is 5.13 Å². The van der Waals surface area contributed by atoms with Crippen LogP contribution in [0.3, 0.4) is 0 Å². The Bertz CT molecular complexity index is 858. The highest BCUT2D eigenvalue weighted by Gasteiger charge is 2.36. The van der Waals surface area contributed by atoms with Gasteiger partial charge in [-0.05, 0) is 32.2 Å². The Labute approximate surface area is 175 Å². The first-order valence-corrected chi connectivity index (χ1v) is 11.6. The van der Waals surface area contributed by atoms with E-state index >= 15 is 0 Å². The molecule has 0 radical (unpaired) electrons. The molecule has 150 valence electrons. The van der Waals surface area contributed by atoms with Crippen LogP contribution in [-0.4, -0.2) is 50.8 Å². The third-order valence-corrected chi connectivity index (χ3v) is 6.54. The molecule has 3 amide bonds. The highest BCUT2D eigenvalue weighted by atomic mass is 32.2. The maximum absolute atomic E-state index is 12.7. The summed E-state index contributed by atoms with van der Waals surface area (Å²) in [5, 5.41) is 9.74. The Morgan fingerprint density at radius 2 is 2.07 bits per heavy atom. The van der Waals surface area contributed by atoms with E-state index < -0.39 is 6.04 Å². The van der Waals surface area contributed by atoms with Gasteiger partial charge in [-0.3, -0.25) is 19.7 Å². The molecule has 28 heavy (non-hydrogen) atoms. The molecule has 1 aliphatic rings. The van der Waals surface area contributed by atoms with Gasteiger partial charge in [0.2, 0.25) is 11.8 Å². The van der Waals surface area contributed by atoms with E-state index in [1.54, 1.807) is 28.1 Å². The summed E-state index contributed by atoms with van der Waals surface area (Å²) in [5.41, 5.74) is 0.243. The lowest BCUT2D eigenvalue weighted by Gasteiger charge is -2.27. The van der Waals surface area contributed by atoms with Gasteiger partial charge in [0.05, 0.1) is 22.9 Å². The fourth-order valence-electron chi connectivity index (χ4n) is 2.63. The van der Waals surface area contributed by atoms with Crippen molar-refractivity contribution >= 4 is 57.3 Å². The second kappa shape index (κ2) is 8.62. The van der Waals surface area contributed by atoms with Crippen LogP contribution in [0.2, 0.25) is 0 Å². The number of thioether (sulfide) groups is 1. The maximum Gasteiger partial charge on any atom is 0.267 e. The quantitative estimate of drug-likeness (QED) is 0.749. The zero-order valence-corrected chi connectivity index (χ0v) is 18.3. The molecule has 0 saturated carbocycles. The molecule has 1 unspecified atom stereocenters. The molecule has 1 aliphatic heterocycles. The van der Waals surface area contributed by atoms with Gasteiger partial charge in [-0.15, -0.1) is 34.4 Å². The monoisotopic (exact) mass is 438 g/mol. The number of carbonyl (C=O) groups excluding carboxylic acids is 3. The number of anilines is 1. The van der Waals surface area contributed by atoms with Crippen LogP contribution < -0.4 is 10.6 Å². The van der Waals surface area contributed by atoms with Crippen LogP contribution in [0.25, 0.3) is 0 Å². The van der Waals surface area contributed by atoms with E-state index in [1.807, 2.05) is 32.2 Å². The standard InChI is InChI=1S/C18H22N4O3S3/c1-18(2,3)21-15(24)12-9-26-10-22(12)14(23)7-11-8-28-17(19-11)20-16(25)13-5-4-6-27-13/h4-6,8,12H,7,9-10H2,1-3H3,(H,21,24)(H,19,20,25). The molecule has 2 aromatic rings. The summed E-state index contributed by atoms with van der Waals surface area (Å²) in [6, 6.07) is 3.09. The van der Waals surface area contributed by atoms with Crippen LogP contribution in [-0.2, 0) is 16.0 Å². The summed E-state index contributed by atoms with van der Waals surface area (Å²) >= 11 is 4.20. The normalized spacial score (nSPS) is 16.8. The van der Waals surface area contributed by atoms with Gasteiger partial charge < -0.3 is 10.2 Å². The molecular formula is C18H22N4O3S3. The summed E-state index contributed by atoms with van der Waals surface area (Å²) < 4.78 is 0. The van der Waals surface area contributed by atoms with E-state index in [0.29, 0.717) is 27.3 Å². The highest BCUT2D eigenvalue weighted by molar-refractivity contribution is 7.99. The number of amides is 3. The molecule has 7 nitrogen and oxygen atoms in total. The van der Waals surface area contributed by atoms with E-state index in [1.165, 1.54) is 22.7 Å². The van der Waals surface area contributed by atoms with E-state index in [0.717, 1.165) is 0 Å². The second-order valence-electron chi connectivity index (χ2n) is 7.37. The molecule has 0 spiro atoms. The topological polar surface area (TPSA) is 91.4 Å². The average molecular weight is 439 g/mol. The molecule has 2 aromatic heterocycles. The lowest BCUT2D eigenvalue weighted by molar-refractivity contribution is -0.138. The number of thiazole rings is 1. The van der Waals surface area contributed by atoms with Gasteiger partial charge in [0, 0.05) is 16.7 Å². The average Bonchev–Trinajstić information content (AvgIpc) is 3.35. The minimum Gasteiger partial charge on any atom is -0.350 e.